The van der Waals surface area contributed by atoms with Crippen LogP contribution in [0.4, 0.5) is 0 Å². The maximum Gasteiger partial charge on any atom is 0.378 e. The van der Waals surface area contributed by atoms with Gasteiger partial charge in [-0.15, -0.1) is 0 Å². The molecule has 0 aliphatic carbocycles. The van der Waals surface area contributed by atoms with Gasteiger partial charge in [0.05, 0.1) is 7.11 Å². The Balaban J connectivity index is 2.08. The van der Waals surface area contributed by atoms with Crippen LogP contribution < -0.4 is 4.74 Å². The van der Waals surface area contributed by atoms with E-state index in [4.69, 9.17) is 4.74 Å². The summed E-state index contributed by atoms with van der Waals surface area (Å²) in [4.78, 5) is 22.5. The first kappa shape index (κ1) is 16.3. The molecule has 0 spiro atoms. The van der Waals surface area contributed by atoms with Crippen LogP contribution in [0, 0.1) is 0 Å². The van der Waals surface area contributed by atoms with Gasteiger partial charge < -0.3 is 14.6 Å². The highest BCUT2D eigenvalue weighted by Gasteiger charge is 2.13. The van der Waals surface area contributed by atoms with Crippen LogP contribution in [0.3, 0.4) is 0 Å². The van der Waals surface area contributed by atoms with E-state index >= 15 is 0 Å². The number of ketones is 1. The van der Waals surface area contributed by atoms with Gasteiger partial charge in [-0.3, -0.25) is 4.79 Å². The number of rotatable bonds is 6. The van der Waals surface area contributed by atoms with E-state index in [0.29, 0.717) is 17.9 Å². The largest absolute Gasteiger partial charge is 0.507 e. The number of benzene rings is 2. The fourth-order valence-electron chi connectivity index (χ4n) is 1.85. The minimum atomic E-state index is -1.03. The first-order valence-electron chi connectivity index (χ1n) is 6.90. The number of aliphatic hydroxyl groups is 1. The molecule has 0 radical (unpaired) electrons. The van der Waals surface area contributed by atoms with Crippen LogP contribution in [0.5, 0.6) is 5.75 Å². The van der Waals surface area contributed by atoms with Crippen LogP contribution in [0.2, 0.25) is 0 Å². The van der Waals surface area contributed by atoms with Crippen molar-refractivity contribution in [3.8, 4) is 5.75 Å². The van der Waals surface area contributed by atoms with Crippen molar-refractivity contribution in [3.63, 3.8) is 0 Å². The van der Waals surface area contributed by atoms with Crippen molar-refractivity contribution >= 4 is 17.5 Å². The Morgan fingerprint density at radius 1 is 1.09 bits per heavy atom. The summed E-state index contributed by atoms with van der Waals surface area (Å²) in [6, 6.07) is 16.2. The van der Waals surface area contributed by atoms with Gasteiger partial charge >= 0.3 is 5.97 Å². The lowest BCUT2D eigenvalue weighted by molar-refractivity contribution is -0.149. The highest BCUT2D eigenvalue weighted by molar-refractivity contribution is 6.39. The molecule has 0 saturated carbocycles. The summed E-state index contributed by atoms with van der Waals surface area (Å²) < 4.78 is 9.93. The lowest BCUT2D eigenvalue weighted by atomic mass is 10.1. The number of ether oxygens (including phenoxy) is 2. The molecule has 0 amide bonds. The van der Waals surface area contributed by atoms with E-state index in [0.717, 1.165) is 18.7 Å². The Bertz CT molecular complexity index is 719. The van der Waals surface area contributed by atoms with Crippen molar-refractivity contribution in [1.29, 1.82) is 0 Å². The molecule has 0 saturated heterocycles. The van der Waals surface area contributed by atoms with Gasteiger partial charge in [-0.1, -0.05) is 42.5 Å². The molecule has 5 nitrogen and oxygen atoms in total. The highest BCUT2D eigenvalue weighted by atomic mass is 16.5. The molecule has 0 bridgehead atoms. The zero-order chi connectivity index (χ0) is 16.7. The quantitative estimate of drug-likeness (QED) is 0.384. The lowest BCUT2D eigenvalue weighted by Gasteiger charge is -2.08. The average molecular weight is 312 g/mol. The van der Waals surface area contributed by atoms with E-state index in [2.05, 4.69) is 4.74 Å². The molecule has 2 aromatic rings. The van der Waals surface area contributed by atoms with Gasteiger partial charge in [-0.2, -0.15) is 0 Å². The Kier molecular flexibility index (Phi) is 5.52. The number of methoxy groups -OCH3 is 1. The van der Waals surface area contributed by atoms with Crippen LogP contribution >= 0.6 is 0 Å². The predicted octanol–water partition coefficient (Wildman–Crippen LogP) is 2.91. The zero-order valence-electron chi connectivity index (χ0n) is 12.6. The highest BCUT2D eigenvalue weighted by Crippen LogP contribution is 2.19. The van der Waals surface area contributed by atoms with Crippen molar-refractivity contribution in [2.24, 2.45) is 0 Å². The molecule has 2 aromatic carbocycles. The summed E-state index contributed by atoms with van der Waals surface area (Å²) >= 11 is 0. The van der Waals surface area contributed by atoms with Gasteiger partial charge in [0, 0.05) is 11.6 Å². The summed E-state index contributed by atoms with van der Waals surface area (Å²) in [6.45, 7) is 0.385. The van der Waals surface area contributed by atoms with Crippen LogP contribution in [0.25, 0.3) is 5.76 Å². The molecule has 0 fully saturated rings. The van der Waals surface area contributed by atoms with Gasteiger partial charge in [-0.05, 0) is 17.7 Å². The zero-order valence-corrected chi connectivity index (χ0v) is 12.6. The van der Waals surface area contributed by atoms with Gasteiger partial charge in [0.25, 0.3) is 5.78 Å². The maximum absolute atomic E-state index is 11.4. The minimum Gasteiger partial charge on any atom is -0.507 e. The van der Waals surface area contributed by atoms with Crippen molar-refractivity contribution in [1.82, 2.24) is 0 Å². The predicted molar refractivity (Wildman–Crippen MR) is 84.8 cm³/mol. The molecule has 0 aromatic heterocycles. The number of carbonyl (C=O) groups is 2. The molecule has 0 aliphatic heterocycles. The lowest BCUT2D eigenvalue weighted by Crippen LogP contribution is -2.13. The molecule has 5 heteroatoms. The maximum atomic E-state index is 11.4. The summed E-state index contributed by atoms with van der Waals surface area (Å²) in [5, 5.41) is 9.92. The third-order valence-electron chi connectivity index (χ3n) is 3.03. The third-order valence-corrected chi connectivity index (χ3v) is 3.03. The second-order valence-corrected chi connectivity index (χ2v) is 4.69. The van der Waals surface area contributed by atoms with Crippen LogP contribution in [0.1, 0.15) is 11.1 Å². The van der Waals surface area contributed by atoms with E-state index in [1.165, 1.54) is 0 Å². The van der Waals surface area contributed by atoms with Gasteiger partial charge in [-0.25, -0.2) is 4.79 Å². The van der Waals surface area contributed by atoms with Crippen molar-refractivity contribution < 1.29 is 24.2 Å². The summed E-state index contributed by atoms with van der Waals surface area (Å²) in [5.74, 6) is -1.75. The first-order valence-corrected chi connectivity index (χ1v) is 6.90. The molecule has 0 atom stereocenters. The molecule has 2 rings (SSSR count). The van der Waals surface area contributed by atoms with Gasteiger partial charge in [0.15, 0.2) is 0 Å². The molecule has 118 valence electrons. The van der Waals surface area contributed by atoms with Crippen LogP contribution in [0.15, 0.2) is 60.7 Å². The number of esters is 1. The number of carbonyl (C=O) groups excluding carboxylic acids is 2. The van der Waals surface area contributed by atoms with Gasteiger partial charge in [0.1, 0.15) is 18.1 Å². The standard InChI is InChI=1S/C18H16O5/c1-22-18(21)17(20)11-16(19)14-8-5-9-15(10-14)23-12-13-6-3-2-4-7-13/h2-11,19H,12H2,1H3. The van der Waals surface area contributed by atoms with Gasteiger partial charge in [0.2, 0.25) is 0 Å². The number of hydrogen-bond acceptors (Lipinski definition) is 5. The monoisotopic (exact) mass is 312 g/mol. The third kappa shape index (κ3) is 4.71. The summed E-state index contributed by atoms with van der Waals surface area (Å²) in [7, 11) is 1.10. The molecular formula is C18H16O5. The summed E-state index contributed by atoms with van der Waals surface area (Å²) in [5.41, 5.74) is 1.38. The topological polar surface area (TPSA) is 72.8 Å². The van der Waals surface area contributed by atoms with Crippen LogP contribution in [-0.2, 0) is 20.9 Å². The second kappa shape index (κ2) is 7.79. The smallest absolute Gasteiger partial charge is 0.378 e. The van der Waals surface area contributed by atoms with E-state index in [1.807, 2.05) is 30.3 Å². The molecular weight excluding hydrogens is 296 g/mol. The Hall–Kier alpha value is -3.08. The van der Waals surface area contributed by atoms with Crippen molar-refractivity contribution in [2.45, 2.75) is 6.61 Å². The van der Waals surface area contributed by atoms with Crippen LogP contribution in [-0.4, -0.2) is 24.0 Å². The normalized spacial score (nSPS) is 10.9. The van der Waals surface area contributed by atoms with E-state index in [-0.39, 0.29) is 5.76 Å². The molecule has 0 heterocycles. The Morgan fingerprint density at radius 3 is 2.52 bits per heavy atom. The first-order chi connectivity index (χ1) is 11.1. The fourth-order valence-corrected chi connectivity index (χ4v) is 1.85. The minimum absolute atomic E-state index is 0.328. The average Bonchev–Trinajstić information content (AvgIpc) is 2.60. The molecule has 23 heavy (non-hydrogen) atoms. The van der Waals surface area contributed by atoms with E-state index < -0.39 is 11.8 Å². The number of hydrogen-bond donors (Lipinski definition) is 1. The fraction of sp³-hybridized carbons (Fsp3) is 0.111. The van der Waals surface area contributed by atoms with Crippen molar-refractivity contribution in [2.75, 3.05) is 7.11 Å². The number of aliphatic hydroxyl groups excluding tert-OH is 1. The summed E-state index contributed by atoms with van der Waals surface area (Å²) in [6.07, 6.45) is 0.822. The van der Waals surface area contributed by atoms with E-state index in [9.17, 15) is 14.7 Å². The molecule has 0 unspecified atom stereocenters. The molecule has 1 N–H and O–H groups in total. The van der Waals surface area contributed by atoms with Crippen molar-refractivity contribution in [3.05, 3.63) is 71.8 Å². The second-order valence-electron chi connectivity index (χ2n) is 4.69. The Morgan fingerprint density at radius 2 is 1.83 bits per heavy atom. The SMILES string of the molecule is COC(=O)C(=O)C=C(O)c1cccc(OCc2ccccc2)c1. The molecule has 0 aliphatic rings. The van der Waals surface area contributed by atoms with E-state index in [1.54, 1.807) is 24.3 Å². The Labute approximate surface area is 133 Å².